The molecule has 0 atom stereocenters. The summed E-state index contributed by atoms with van der Waals surface area (Å²) in [6.45, 7) is 0. The molecule has 0 aromatic carbocycles. The maximum absolute atomic E-state index is 12.0. The first kappa shape index (κ1) is 12.7. The second kappa shape index (κ2) is 4.65. The van der Waals surface area contributed by atoms with E-state index in [9.17, 15) is 22.8 Å². The molecule has 0 saturated heterocycles. The summed E-state index contributed by atoms with van der Waals surface area (Å²) in [5.41, 5.74) is 0. The Hall–Kier alpha value is -1.37. The number of rotatable bonds is 3. The number of hydrogen-bond donors (Lipinski definition) is 0. The summed E-state index contributed by atoms with van der Waals surface area (Å²) in [5.74, 6) is -2.46. The van der Waals surface area contributed by atoms with Crippen LogP contribution in [0.15, 0.2) is 12.1 Å². The number of ether oxygens (including phenoxy) is 1. The van der Waals surface area contributed by atoms with Gasteiger partial charge >= 0.3 is 12.1 Å². The van der Waals surface area contributed by atoms with Gasteiger partial charge in [0.1, 0.15) is 0 Å². The van der Waals surface area contributed by atoms with Crippen molar-refractivity contribution in [1.82, 2.24) is 0 Å². The zero-order chi connectivity index (χ0) is 12.3. The molecule has 0 aliphatic carbocycles. The fourth-order valence-electron chi connectivity index (χ4n) is 0.949. The third-order valence-electron chi connectivity index (χ3n) is 1.69. The van der Waals surface area contributed by atoms with Gasteiger partial charge in [0.2, 0.25) is 0 Å². The van der Waals surface area contributed by atoms with Crippen LogP contribution in [0.25, 0.3) is 0 Å². The number of carbonyl (C=O) groups is 2. The van der Waals surface area contributed by atoms with Crippen LogP contribution in [0.5, 0.6) is 0 Å². The van der Waals surface area contributed by atoms with Crippen LogP contribution in [0, 0.1) is 0 Å². The van der Waals surface area contributed by atoms with Crippen LogP contribution in [0.4, 0.5) is 13.2 Å². The maximum atomic E-state index is 12.0. The Bertz CT molecular complexity index is 408. The molecule has 0 aliphatic rings. The van der Waals surface area contributed by atoms with Crippen molar-refractivity contribution in [2.45, 2.75) is 12.6 Å². The molecule has 0 fully saturated rings. The highest BCUT2D eigenvalue weighted by molar-refractivity contribution is 7.14. The number of thiophene rings is 1. The molecular weight excluding hydrogens is 245 g/mol. The molecule has 1 aromatic heterocycles. The average Bonchev–Trinajstić information content (AvgIpc) is 2.63. The number of halogens is 3. The molecule has 7 heteroatoms. The van der Waals surface area contributed by atoms with Gasteiger partial charge in [0, 0.05) is 4.88 Å². The molecule has 1 aromatic rings. The van der Waals surface area contributed by atoms with Gasteiger partial charge in [0.05, 0.1) is 18.4 Å². The molecule has 0 bridgehead atoms. The molecule has 1 rings (SSSR count). The monoisotopic (exact) mass is 252 g/mol. The fraction of sp³-hybridized carbons (Fsp3) is 0.333. The Morgan fingerprint density at radius 1 is 1.38 bits per heavy atom. The summed E-state index contributed by atoms with van der Waals surface area (Å²) in [4.78, 5) is 21.6. The van der Waals surface area contributed by atoms with Gasteiger partial charge in [-0.05, 0) is 12.1 Å². The van der Waals surface area contributed by atoms with Crippen molar-refractivity contribution in [1.29, 1.82) is 0 Å². The van der Waals surface area contributed by atoms with Crippen LogP contribution in [-0.4, -0.2) is 25.0 Å². The minimum Gasteiger partial charge on any atom is -0.469 e. The highest BCUT2D eigenvalue weighted by Crippen LogP contribution is 2.26. The summed E-state index contributed by atoms with van der Waals surface area (Å²) < 4.78 is 40.5. The van der Waals surface area contributed by atoms with Gasteiger partial charge in [-0.3, -0.25) is 9.59 Å². The molecule has 0 spiro atoms. The van der Waals surface area contributed by atoms with E-state index in [0.717, 1.165) is 6.07 Å². The Morgan fingerprint density at radius 2 is 2.00 bits per heavy atom. The van der Waals surface area contributed by atoms with E-state index in [2.05, 4.69) is 4.74 Å². The lowest BCUT2D eigenvalue weighted by Crippen LogP contribution is -2.21. The number of carbonyl (C=O) groups excluding carboxylic acids is 2. The van der Waals surface area contributed by atoms with E-state index in [1.54, 1.807) is 0 Å². The number of alkyl halides is 3. The average molecular weight is 252 g/mol. The van der Waals surface area contributed by atoms with Crippen molar-refractivity contribution in [2.75, 3.05) is 7.11 Å². The second-order valence-corrected chi connectivity index (χ2v) is 4.01. The molecular formula is C9H7F3O3S. The SMILES string of the molecule is COC(=O)Cc1ccc(C(=O)C(F)(F)F)s1. The van der Waals surface area contributed by atoms with Gasteiger partial charge in [0.25, 0.3) is 5.78 Å². The highest BCUT2D eigenvalue weighted by Gasteiger charge is 2.40. The quantitative estimate of drug-likeness (QED) is 0.612. The maximum Gasteiger partial charge on any atom is 0.455 e. The zero-order valence-electron chi connectivity index (χ0n) is 8.13. The topological polar surface area (TPSA) is 43.4 Å². The number of methoxy groups -OCH3 is 1. The van der Waals surface area contributed by atoms with Gasteiger partial charge in [-0.15, -0.1) is 11.3 Å². The van der Waals surface area contributed by atoms with E-state index in [1.807, 2.05) is 0 Å². The summed E-state index contributed by atoms with van der Waals surface area (Å²) in [6.07, 6.45) is -5.01. The van der Waals surface area contributed by atoms with Crippen LogP contribution in [0.2, 0.25) is 0 Å². The number of ketones is 1. The van der Waals surface area contributed by atoms with E-state index in [4.69, 9.17) is 0 Å². The van der Waals surface area contributed by atoms with Crippen LogP contribution in [0.3, 0.4) is 0 Å². The lowest BCUT2D eigenvalue weighted by atomic mass is 10.3. The van der Waals surface area contributed by atoms with Crippen molar-refractivity contribution in [2.24, 2.45) is 0 Å². The van der Waals surface area contributed by atoms with Gasteiger partial charge < -0.3 is 4.74 Å². The summed E-state index contributed by atoms with van der Waals surface area (Å²) in [5, 5.41) is 0. The first-order valence-electron chi connectivity index (χ1n) is 4.11. The van der Waals surface area contributed by atoms with Gasteiger partial charge in [0.15, 0.2) is 0 Å². The third kappa shape index (κ3) is 3.06. The molecule has 0 radical (unpaired) electrons. The van der Waals surface area contributed by atoms with E-state index in [-0.39, 0.29) is 6.42 Å². The number of Topliss-reactive ketones (excluding diaryl/α,β-unsaturated/α-hetero) is 1. The molecule has 0 aliphatic heterocycles. The minimum atomic E-state index is -4.88. The summed E-state index contributed by atoms with van der Waals surface area (Å²) in [6, 6.07) is 2.36. The zero-order valence-corrected chi connectivity index (χ0v) is 8.95. The van der Waals surface area contributed by atoms with Crippen LogP contribution < -0.4 is 0 Å². The van der Waals surface area contributed by atoms with E-state index in [1.165, 1.54) is 13.2 Å². The molecule has 1 heterocycles. The predicted octanol–water partition coefficient (Wildman–Crippen LogP) is 2.21. The molecule has 16 heavy (non-hydrogen) atoms. The number of hydrogen-bond acceptors (Lipinski definition) is 4. The second-order valence-electron chi connectivity index (χ2n) is 2.85. The van der Waals surface area contributed by atoms with Crippen molar-refractivity contribution in [3.8, 4) is 0 Å². The third-order valence-corrected chi connectivity index (χ3v) is 2.77. The molecule has 3 nitrogen and oxygen atoms in total. The Balaban J connectivity index is 2.80. The standard InChI is InChI=1S/C9H7F3O3S/c1-15-7(13)4-5-2-3-6(16-5)8(14)9(10,11)12/h2-3H,4H2,1H3. The molecule has 0 saturated carbocycles. The normalized spacial score (nSPS) is 11.2. The van der Waals surface area contributed by atoms with Crippen molar-refractivity contribution < 1.29 is 27.5 Å². The van der Waals surface area contributed by atoms with Crippen molar-refractivity contribution >= 4 is 23.1 Å². The van der Waals surface area contributed by atoms with Gasteiger partial charge in [-0.2, -0.15) is 13.2 Å². The molecule has 0 N–H and O–H groups in total. The fourth-order valence-corrected chi connectivity index (χ4v) is 1.90. The van der Waals surface area contributed by atoms with Crippen molar-refractivity contribution in [3.05, 3.63) is 21.9 Å². The van der Waals surface area contributed by atoms with Gasteiger partial charge in [-0.1, -0.05) is 0 Å². The summed E-state index contributed by atoms with van der Waals surface area (Å²) >= 11 is 0.641. The lowest BCUT2D eigenvalue weighted by Gasteiger charge is -2.01. The summed E-state index contributed by atoms with van der Waals surface area (Å²) in [7, 11) is 1.18. The first-order valence-corrected chi connectivity index (χ1v) is 4.93. The van der Waals surface area contributed by atoms with E-state index in [0.29, 0.717) is 16.2 Å². The minimum absolute atomic E-state index is 0.133. The molecule has 0 unspecified atom stereocenters. The molecule has 0 amide bonds. The smallest absolute Gasteiger partial charge is 0.455 e. The number of esters is 1. The van der Waals surface area contributed by atoms with Crippen LogP contribution in [0.1, 0.15) is 14.5 Å². The van der Waals surface area contributed by atoms with Gasteiger partial charge in [-0.25, -0.2) is 0 Å². The first-order chi connectivity index (χ1) is 7.34. The Morgan fingerprint density at radius 3 is 2.50 bits per heavy atom. The Labute approximate surface area is 92.8 Å². The largest absolute Gasteiger partial charge is 0.469 e. The van der Waals surface area contributed by atoms with Crippen LogP contribution in [-0.2, 0) is 16.0 Å². The molecule has 88 valence electrons. The van der Waals surface area contributed by atoms with Crippen LogP contribution >= 0.6 is 11.3 Å². The van der Waals surface area contributed by atoms with E-state index >= 15 is 0 Å². The van der Waals surface area contributed by atoms with E-state index < -0.39 is 22.8 Å². The Kier molecular flexibility index (Phi) is 3.69. The van der Waals surface area contributed by atoms with Crippen molar-refractivity contribution in [3.63, 3.8) is 0 Å². The predicted molar refractivity (Wildman–Crippen MR) is 50.4 cm³/mol. The highest BCUT2D eigenvalue weighted by atomic mass is 32.1. The lowest BCUT2D eigenvalue weighted by molar-refractivity contribution is -0.139.